The summed E-state index contributed by atoms with van der Waals surface area (Å²) in [5, 5.41) is 29.8. The van der Waals surface area contributed by atoms with Crippen molar-refractivity contribution in [2.75, 3.05) is 7.11 Å². The smallest absolute Gasteiger partial charge is 0.362 e. The van der Waals surface area contributed by atoms with Gasteiger partial charge in [-0.05, 0) is 6.07 Å². The number of aliphatic hydroxyl groups excluding tert-OH is 1. The molecule has 1 aromatic rings. The van der Waals surface area contributed by atoms with E-state index in [4.69, 9.17) is 4.84 Å². The second-order valence-electron chi connectivity index (χ2n) is 4.09. The molecule has 100 valence electrons. The normalized spacial score (nSPS) is 21.8. The molecule has 0 aliphatic carbocycles. The molecule has 6 nitrogen and oxygen atoms in total. The number of aliphatic hydroxyl groups is 1. The third-order valence-electron chi connectivity index (χ3n) is 3.02. The number of hydrogen-bond donors (Lipinski definition) is 4. The zero-order valence-corrected chi connectivity index (χ0v) is 10.5. The summed E-state index contributed by atoms with van der Waals surface area (Å²) in [6.45, 7) is 7.09. The minimum atomic E-state index is -0.841. The SMILES string of the molecule is C=CC1=[N+](OC)c2c(O)cccc2[NH+](O)C1C(=C)O. The van der Waals surface area contributed by atoms with Crippen molar-refractivity contribution in [1.29, 1.82) is 0 Å². The first kappa shape index (κ1) is 13.1. The third-order valence-corrected chi connectivity index (χ3v) is 3.02. The number of quaternary nitrogens is 1. The Balaban J connectivity index is 2.79. The molecule has 0 radical (unpaired) electrons. The Labute approximate surface area is 110 Å². The molecule has 2 rings (SSSR count). The zero-order valence-electron chi connectivity index (χ0n) is 10.5. The van der Waals surface area contributed by atoms with Gasteiger partial charge in [0, 0.05) is 16.9 Å². The van der Waals surface area contributed by atoms with E-state index in [1.165, 1.54) is 24.0 Å². The fraction of sp³-hybridized carbons (Fsp3) is 0.154. The van der Waals surface area contributed by atoms with Crippen LogP contribution in [0, 0.1) is 0 Å². The molecule has 1 aliphatic rings. The Kier molecular flexibility index (Phi) is 3.28. The van der Waals surface area contributed by atoms with E-state index in [1.807, 2.05) is 0 Å². The Morgan fingerprint density at radius 3 is 2.74 bits per heavy atom. The molecule has 0 spiro atoms. The van der Waals surface area contributed by atoms with Crippen LogP contribution in [0.5, 0.6) is 5.75 Å². The van der Waals surface area contributed by atoms with Gasteiger partial charge >= 0.3 is 11.4 Å². The Morgan fingerprint density at radius 2 is 2.21 bits per heavy atom. The summed E-state index contributed by atoms with van der Waals surface area (Å²) in [5.41, 5.74) is 1.05. The van der Waals surface area contributed by atoms with Crippen molar-refractivity contribution in [2.45, 2.75) is 6.04 Å². The number of phenols is 1. The lowest BCUT2D eigenvalue weighted by Crippen LogP contribution is -3.11. The molecule has 0 saturated carbocycles. The summed E-state index contributed by atoms with van der Waals surface area (Å²) in [4.78, 5) is 5.22. The van der Waals surface area contributed by atoms with Crippen LogP contribution in [-0.2, 0) is 4.84 Å². The first-order valence-corrected chi connectivity index (χ1v) is 5.62. The number of benzene rings is 1. The van der Waals surface area contributed by atoms with E-state index >= 15 is 0 Å². The van der Waals surface area contributed by atoms with Crippen LogP contribution >= 0.6 is 0 Å². The molecule has 1 aliphatic heterocycles. The van der Waals surface area contributed by atoms with E-state index in [1.54, 1.807) is 12.1 Å². The Morgan fingerprint density at radius 1 is 1.53 bits per heavy atom. The zero-order chi connectivity index (χ0) is 14.2. The number of hydroxylamine groups is 1. The highest BCUT2D eigenvalue weighted by Gasteiger charge is 2.48. The van der Waals surface area contributed by atoms with Crippen molar-refractivity contribution < 1.29 is 30.1 Å². The van der Waals surface area contributed by atoms with E-state index < -0.39 is 6.04 Å². The molecule has 0 fully saturated rings. The van der Waals surface area contributed by atoms with Gasteiger partial charge in [-0.1, -0.05) is 19.2 Å². The lowest BCUT2D eigenvalue weighted by atomic mass is 10.0. The predicted octanol–water partition coefficient (Wildman–Crippen LogP) is 0.584. The number of nitrogens with zero attached hydrogens (tertiary/aromatic N) is 1. The standard InChI is InChI=1S/C13H14N2O4/c1-4-9-12(8(2)16)14(18)10-6-5-7-11(17)13(10)15(9)19-3/h4-7,12,18H,1-2H2,3H3,(H-,16,17)/p+2. The lowest BCUT2D eigenvalue weighted by Gasteiger charge is -2.23. The van der Waals surface area contributed by atoms with Gasteiger partial charge in [-0.15, -0.1) is 5.06 Å². The highest BCUT2D eigenvalue weighted by molar-refractivity contribution is 5.97. The van der Waals surface area contributed by atoms with Crippen LogP contribution in [0.4, 0.5) is 11.4 Å². The molecule has 4 N–H and O–H groups in total. The number of hydrogen-bond acceptors (Lipinski definition) is 4. The lowest BCUT2D eigenvalue weighted by molar-refractivity contribution is -1.05. The molecule has 6 heteroatoms. The summed E-state index contributed by atoms with van der Waals surface area (Å²) in [7, 11) is 1.42. The number of phenolic OH excluding ortho intramolecular Hbond substituents is 1. The molecule has 2 unspecified atom stereocenters. The van der Waals surface area contributed by atoms with Gasteiger partial charge in [0.25, 0.3) is 6.04 Å². The fourth-order valence-electron chi connectivity index (χ4n) is 2.22. The quantitative estimate of drug-likeness (QED) is 0.476. The van der Waals surface area contributed by atoms with Crippen molar-refractivity contribution in [3.05, 3.63) is 43.2 Å². The second kappa shape index (κ2) is 4.75. The average Bonchev–Trinajstić information content (AvgIpc) is 2.38. The van der Waals surface area contributed by atoms with Gasteiger partial charge in [0.1, 0.15) is 7.11 Å². The summed E-state index contributed by atoms with van der Waals surface area (Å²) < 4.78 is 1.31. The van der Waals surface area contributed by atoms with E-state index in [2.05, 4.69) is 13.2 Å². The minimum Gasteiger partial charge on any atom is -0.506 e. The van der Waals surface area contributed by atoms with Crippen molar-refractivity contribution >= 4 is 17.1 Å². The Bertz CT molecular complexity index is 580. The number of para-hydroxylation sites is 1. The summed E-state index contributed by atoms with van der Waals surface area (Å²) >= 11 is 0. The largest absolute Gasteiger partial charge is 0.506 e. The molecule has 1 heterocycles. The number of aromatic hydroxyl groups is 1. The molecule has 0 bridgehead atoms. The predicted molar refractivity (Wildman–Crippen MR) is 68.2 cm³/mol. The molecule has 1 aromatic carbocycles. The van der Waals surface area contributed by atoms with E-state index in [-0.39, 0.29) is 16.6 Å². The highest BCUT2D eigenvalue weighted by Crippen LogP contribution is 2.34. The maximum atomic E-state index is 10.3. The first-order valence-electron chi connectivity index (χ1n) is 5.62. The molecule has 2 atom stereocenters. The fourth-order valence-corrected chi connectivity index (χ4v) is 2.22. The molecular formula is C13H16N2O4+2. The molecule has 0 amide bonds. The van der Waals surface area contributed by atoms with Crippen LogP contribution in [0.2, 0.25) is 0 Å². The second-order valence-corrected chi connectivity index (χ2v) is 4.09. The number of fused-ring (bicyclic) bond motifs is 1. The first-order chi connectivity index (χ1) is 9.02. The monoisotopic (exact) mass is 264 g/mol. The molecule has 0 saturated heterocycles. The van der Waals surface area contributed by atoms with Gasteiger partial charge in [-0.25, -0.2) is 5.21 Å². The van der Waals surface area contributed by atoms with E-state index in [9.17, 15) is 15.4 Å². The average molecular weight is 264 g/mol. The van der Waals surface area contributed by atoms with Crippen LogP contribution < -0.4 is 5.06 Å². The van der Waals surface area contributed by atoms with Crippen LogP contribution in [-0.4, -0.2) is 39.0 Å². The summed E-state index contributed by atoms with van der Waals surface area (Å²) in [6.07, 6.45) is 1.43. The van der Waals surface area contributed by atoms with Crippen LogP contribution in [0.1, 0.15) is 0 Å². The maximum absolute atomic E-state index is 10.3. The van der Waals surface area contributed by atoms with Gasteiger partial charge in [-0.2, -0.15) is 0 Å². The number of rotatable bonds is 3. The molecule has 0 aromatic heterocycles. The van der Waals surface area contributed by atoms with Gasteiger partial charge in [0.15, 0.2) is 11.5 Å². The van der Waals surface area contributed by atoms with E-state index in [0.717, 1.165) is 0 Å². The minimum absolute atomic E-state index is 0.0488. The van der Waals surface area contributed by atoms with Crippen molar-refractivity contribution in [3.8, 4) is 5.75 Å². The third kappa shape index (κ3) is 1.87. The summed E-state index contributed by atoms with van der Waals surface area (Å²) in [6, 6.07) is 3.85. The highest BCUT2D eigenvalue weighted by atomic mass is 16.7. The topological polar surface area (TPSA) is 77.4 Å². The van der Waals surface area contributed by atoms with Crippen molar-refractivity contribution in [2.24, 2.45) is 0 Å². The van der Waals surface area contributed by atoms with Crippen molar-refractivity contribution in [1.82, 2.24) is 0 Å². The van der Waals surface area contributed by atoms with E-state index in [0.29, 0.717) is 17.1 Å². The maximum Gasteiger partial charge on any atom is 0.362 e. The molecular weight excluding hydrogens is 248 g/mol. The van der Waals surface area contributed by atoms with Gasteiger partial charge < -0.3 is 10.2 Å². The van der Waals surface area contributed by atoms with Gasteiger partial charge in [-0.3, -0.25) is 4.84 Å². The van der Waals surface area contributed by atoms with Crippen LogP contribution in [0.15, 0.2) is 43.2 Å². The molecule has 19 heavy (non-hydrogen) atoms. The van der Waals surface area contributed by atoms with Crippen LogP contribution in [0.3, 0.4) is 0 Å². The van der Waals surface area contributed by atoms with Crippen LogP contribution in [0.25, 0.3) is 0 Å². The number of nitrogens with one attached hydrogen (secondary N) is 1. The van der Waals surface area contributed by atoms with Gasteiger partial charge in [0.05, 0.1) is 0 Å². The Hall–Kier alpha value is -2.31. The summed E-state index contributed by atoms with van der Waals surface area (Å²) in [5.74, 6) is -0.282. The van der Waals surface area contributed by atoms with Crippen molar-refractivity contribution in [3.63, 3.8) is 0 Å². The van der Waals surface area contributed by atoms with Gasteiger partial charge in [0.2, 0.25) is 5.69 Å².